The van der Waals surface area contributed by atoms with Crippen LogP contribution in [-0.4, -0.2) is 32.6 Å². The third kappa shape index (κ3) is 4.13. The van der Waals surface area contributed by atoms with Crippen LogP contribution in [0, 0.1) is 28.6 Å². The van der Waals surface area contributed by atoms with Crippen LogP contribution in [0.5, 0.6) is 11.5 Å². The summed E-state index contributed by atoms with van der Waals surface area (Å²) in [4.78, 5) is 26.9. The molecule has 31 heavy (non-hydrogen) atoms. The lowest BCUT2D eigenvalue weighted by Gasteiger charge is -2.60. The quantitative estimate of drug-likeness (QED) is 0.644. The molecular weight excluding hydrogens is 392 g/mol. The summed E-state index contributed by atoms with van der Waals surface area (Å²) in [6.07, 6.45) is 6.46. The molecule has 0 heterocycles. The number of hydrogen-bond acceptors (Lipinski definition) is 4. The van der Waals surface area contributed by atoms with E-state index in [1.165, 1.54) is 0 Å². The average molecular weight is 429 g/mol. The van der Waals surface area contributed by atoms with Crippen LogP contribution in [0.4, 0.5) is 5.69 Å². The minimum atomic E-state index is -0.452. The van der Waals surface area contributed by atoms with E-state index in [9.17, 15) is 9.59 Å². The summed E-state index contributed by atoms with van der Waals surface area (Å²) >= 11 is 0. The van der Waals surface area contributed by atoms with Crippen LogP contribution in [0.1, 0.15) is 58.8 Å². The molecule has 2 amide bonds. The van der Waals surface area contributed by atoms with Crippen LogP contribution in [0.3, 0.4) is 0 Å². The standard InChI is InChI=1S/C25H36N2O4/c1-16(2)7-8-26-22(28)24-11-17-9-18(12-24)14-25(13-17,15-24)23(29)27-19-5-6-20(30-3)21(10-19)31-4/h5-6,10,16-18H,7-9,11-15H2,1-4H3,(H,26,28)(H,27,29). The molecule has 0 spiro atoms. The molecular formula is C25H36N2O4. The van der Waals surface area contributed by atoms with Crippen molar-refractivity contribution >= 4 is 17.5 Å². The van der Waals surface area contributed by atoms with Crippen LogP contribution in [0.25, 0.3) is 0 Å². The van der Waals surface area contributed by atoms with Gasteiger partial charge in [-0.15, -0.1) is 0 Å². The van der Waals surface area contributed by atoms with Gasteiger partial charge in [0.05, 0.1) is 25.0 Å². The summed E-state index contributed by atoms with van der Waals surface area (Å²) in [6.45, 7) is 5.06. The molecule has 5 rings (SSSR count). The molecule has 0 aliphatic heterocycles. The highest BCUT2D eigenvalue weighted by Crippen LogP contribution is 2.65. The number of methoxy groups -OCH3 is 2. The van der Waals surface area contributed by atoms with Crippen molar-refractivity contribution in [1.29, 1.82) is 0 Å². The Morgan fingerprint density at radius 2 is 1.61 bits per heavy atom. The highest BCUT2D eigenvalue weighted by atomic mass is 16.5. The normalized spacial score (nSPS) is 30.9. The van der Waals surface area contributed by atoms with Crippen molar-refractivity contribution in [2.75, 3.05) is 26.1 Å². The number of amides is 2. The summed E-state index contributed by atoms with van der Waals surface area (Å²) < 4.78 is 10.7. The van der Waals surface area contributed by atoms with Gasteiger partial charge in [0.15, 0.2) is 11.5 Å². The van der Waals surface area contributed by atoms with Gasteiger partial charge >= 0.3 is 0 Å². The highest BCUT2D eigenvalue weighted by Gasteiger charge is 2.63. The molecule has 0 aromatic heterocycles. The molecule has 170 valence electrons. The first-order valence-corrected chi connectivity index (χ1v) is 11.6. The van der Waals surface area contributed by atoms with Crippen molar-refractivity contribution in [3.8, 4) is 11.5 Å². The maximum Gasteiger partial charge on any atom is 0.230 e. The van der Waals surface area contributed by atoms with E-state index in [0.29, 0.717) is 41.4 Å². The maximum atomic E-state index is 13.6. The van der Waals surface area contributed by atoms with Crippen molar-refractivity contribution in [2.45, 2.75) is 58.8 Å². The molecule has 4 aliphatic carbocycles. The number of carbonyl (C=O) groups is 2. The van der Waals surface area contributed by atoms with Crippen LogP contribution in [0.15, 0.2) is 18.2 Å². The first-order valence-electron chi connectivity index (χ1n) is 11.6. The van der Waals surface area contributed by atoms with Crippen molar-refractivity contribution in [2.24, 2.45) is 28.6 Å². The molecule has 4 aliphatic rings. The third-order valence-electron chi connectivity index (χ3n) is 7.67. The first-order chi connectivity index (χ1) is 14.8. The molecule has 4 saturated carbocycles. The Bertz CT molecular complexity index is 836. The zero-order chi connectivity index (χ0) is 22.2. The second-order valence-corrected chi connectivity index (χ2v) is 10.5. The Kier molecular flexibility index (Phi) is 5.93. The Balaban J connectivity index is 1.52. The predicted octanol–water partition coefficient (Wildman–Crippen LogP) is 4.39. The van der Waals surface area contributed by atoms with Gasteiger partial charge in [-0.25, -0.2) is 0 Å². The topological polar surface area (TPSA) is 76.7 Å². The van der Waals surface area contributed by atoms with Gasteiger partial charge in [0, 0.05) is 18.3 Å². The predicted molar refractivity (Wildman–Crippen MR) is 120 cm³/mol. The summed E-state index contributed by atoms with van der Waals surface area (Å²) in [5, 5.41) is 6.34. The molecule has 6 heteroatoms. The average Bonchev–Trinajstić information content (AvgIpc) is 2.72. The number of carbonyl (C=O) groups excluding carboxylic acids is 2. The Labute approximate surface area is 185 Å². The highest BCUT2D eigenvalue weighted by molar-refractivity contribution is 5.97. The second kappa shape index (κ2) is 8.36. The maximum absolute atomic E-state index is 13.6. The van der Waals surface area contributed by atoms with Crippen molar-refractivity contribution in [1.82, 2.24) is 5.32 Å². The number of benzene rings is 1. The number of ether oxygens (including phenoxy) is 2. The Morgan fingerprint density at radius 3 is 2.19 bits per heavy atom. The van der Waals surface area contributed by atoms with E-state index in [1.54, 1.807) is 26.4 Å². The molecule has 0 radical (unpaired) electrons. The van der Waals surface area contributed by atoms with Gasteiger partial charge in [-0.05, 0) is 74.8 Å². The fourth-order valence-corrected chi connectivity index (χ4v) is 6.63. The summed E-state index contributed by atoms with van der Waals surface area (Å²) in [5.41, 5.74) is -0.128. The van der Waals surface area contributed by atoms with E-state index in [4.69, 9.17) is 9.47 Å². The molecule has 1 aromatic carbocycles. The van der Waals surface area contributed by atoms with Crippen molar-refractivity contribution < 1.29 is 19.1 Å². The van der Waals surface area contributed by atoms with Gasteiger partial charge in [-0.3, -0.25) is 9.59 Å². The molecule has 0 saturated heterocycles. The van der Waals surface area contributed by atoms with Crippen LogP contribution in [-0.2, 0) is 9.59 Å². The lowest BCUT2D eigenvalue weighted by Crippen LogP contribution is -2.60. The second-order valence-electron chi connectivity index (χ2n) is 10.5. The van der Waals surface area contributed by atoms with Gasteiger partial charge in [0.25, 0.3) is 0 Å². The largest absolute Gasteiger partial charge is 0.493 e. The molecule has 6 nitrogen and oxygen atoms in total. The van der Waals surface area contributed by atoms with E-state index in [1.807, 2.05) is 6.07 Å². The fourth-order valence-electron chi connectivity index (χ4n) is 6.63. The molecule has 2 N–H and O–H groups in total. The van der Waals surface area contributed by atoms with Crippen molar-refractivity contribution in [3.63, 3.8) is 0 Å². The zero-order valence-corrected chi connectivity index (χ0v) is 19.3. The van der Waals surface area contributed by atoms with Gasteiger partial charge in [0.1, 0.15) is 0 Å². The molecule has 1 aromatic rings. The van der Waals surface area contributed by atoms with E-state index >= 15 is 0 Å². The fraction of sp³-hybridized carbons (Fsp3) is 0.680. The van der Waals surface area contributed by atoms with Crippen molar-refractivity contribution in [3.05, 3.63) is 18.2 Å². The number of anilines is 1. The third-order valence-corrected chi connectivity index (χ3v) is 7.67. The van der Waals surface area contributed by atoms with E-state index < -0.39 is 5.41 Å². The van der Waals surface area contributed by atoms with Gasteiger partial charge in [-0.2, -0.15) is 0 Å². The lowest BCUT2D eigenvalue weighted by molar-refractivity contribution is -0.164. The first kappa shape index (κ1) is 22.0. The molecule has 4 bridgehead atoms. The van der Waals surface area contributed by atoms with E-state index in [2.05, 4.69) is 24.5 Å². The van der Waals surface area contributed by atoms with E-state index in [-0.39, 0.29) is 17.2 Å². The van der Waals surface area contributed by atoms with Gasteiger partial charge in [-0.1, -0.05) is 13.8 Å². The summed E-state index contributed by atoms with van der Waals surface area (Å²) in [7, 11) is 3.18. The molecule has 2 atom stereocenters. The number of rotatable bonds is 8. The van der Waals surface area contributed by atoms with E-state index in [0.717, 1.165) is 45.1 Å². The summed E-state index contributed by atoms with van der Waals surface area (Å²) in [6, 6.07) is 5.44. The van der Waals surface area contributed by atoms with Crippen LogP contribution in [0.2, 0.25) is 0 Å². The minimum absolute atomic E-state index is 0.0492. The minimum Gasteiger partial charge on any atom is -0.493 e. The smallest absolute Gasteiger partial charge is 0.230 e. The number of hydrogen-bond donors (Lipinski definition) is 2. The lowest BCUT2D eigenvalue weighted by atomic mass is 9.43. The van der Waals surface area contributed by atoms with Crippen LogP contribution < -0.4 is 20.1 Å². The molecule has 2 unspecified atom stereocenters. The summed E-state index contributed by atoms with van der Waals surface area (Å²) in [5.74, 6) is 2.94. The SMILES string of the molecule is COc1ccc(NC(=O)C23CC4CC(CC(C(=O)NCCC(C)C)(C4)C2)C3)cc1OC. The Morgan fingerprint density at radius 1 is 1.00 bits per heavy atom. The zero-order valence-electron chi connectivity index (χ0n) is 19.3. The van der Waals surface area contributed by atoms with Gasteiger partial charge in [0.2, 0.25) is 11.8 Å². The van der Waals surface area contributed by atoms with Gasteiger partial charge < -0.3 is 20.1 Å². The Hall–Kier alpha value is -2.24. The number of nitrogens with one attached hydrogen (secondary N) is 2. The monoisotopic (exact) mass is 428 g/mol. The molecule has 4 fully saturated rings. The van der Waals surface area contributed by atoms with Crippen LogP contribution >= 0.6 is 0 Å².